The maximum Gasteiger partial charge on any atom is 0.408 e. The standard InChI is InChI=1S/C24H26F4N6O3S/c1-22(2)21(29)33-23(3,7-8-38(22,35)32-13-24(26,27)28)15-9-14(5-6-16(15)25)19-10-17(34-37-19)18-11-31-20(36-4)12-30-18/h5-6,9-12H,7-8,13H2,1-4H3,(H2,29,33)/t23-,38-/m0/s1. The third-order valence-electron chi connectivity index (χ3n) is 6.54. The third-order valence-corrected chi connectivity index (χ3v) is 9.65. The predicted octanol–water partition coefficient (Wildman–Crippen LogP) is 4.73. The quantitative estimate of drug-likeness (QED) is 0.452. The van der Waals surface area contributed by atoms with Gasteiger partial charge in [-0.1, -0.05) is 5.16 Å². The van der Waals surface area contributed by atoms with Gasteiger partial charge in [0.05, 0.1) is 34.8 Å². The van der Waals surface area contributed by atoms with Gasteiger partial charge in [-0.05, 0) is 45.4 Å². The third kappa shape index (κ3) is 5.22. The largest absolute Gasteiger partial charge is 0.480 e. The van der Waals surface area contributed by atoms with E-state index in [1.165, 1.54) is 51.6 Å². The van der Waals surface area contributed by atoms with Crippen LogP contribution in [0.15, 0.2) is 50.5 Å². The molecular weight excluding hydrogens is 528 g/mol. The highest BCUT2D eigenvalue weighted by Crippen LogP contribution is 2.40. The zero-order chi connectivity index (χ0) is 27.9. The molecule has 38 heavy (non-hydrogen) atoms. The molecule has 9 nitrogen and oxygen atoms in total. The molecule has 1 aliphatic heterocycles. The Hall–Kier alpha value is -3.55. The number of alkyl halides is 3. The van der Waals surface area contributed by atoms with Crippen molar-refractivity contribution in [3.05, 3.63) is 48.0 Å². The lowest BCUT2D eigenvalue weighted by atomic mass is 9.87. The first-order chi connectivity index (χ1) is 17.7. The second-order valence-corrected chi connectivity index (χ2v) is 12.5. The van der Waals surface area contributed by atoms with Gasteiger partial charge in [0.25, 0.3) is 0 Å². The van der Waals surface area contributed by atoms with Gasteiger partial charge in [0.1, 0.15) is 34.3 Å². The summed E-state index contributed by atoms with van der Waals surface area (Å²) < 4.78 is 80.0. The van der Waals surface area contributed by atoms with Gasteiger partial charge in [-0.3, -0.25) is 4.99 Å². The van der Waals surface area contributed by atoms with Crippen molar-refractivity contribution >= 4 is 15.6 Å². The van der Waals surface area contributed by atoms with Crippen molar-refractivity contribution in [3.8, 4) is 28.6 Å². The van der Waals surface area contributed by atoms with E-state index in [0.29, 0.717) is 28.6 Å². The van der Waals surface area contributed by atoms with Crippen molar-refractivity contribution in [2.45, 2.75) is 43.7 Å². The lowest BCUT2D eigenvalue weighted by Crippen LogP contribution is -2.46. The summed E-state index contributed by atoms with van der Waals surface area (Å²) in [7, 11) is -2.03. The molecule has 1 aliphatic rings. The Morgan fingerprint density at radius 1 is 1.16 bits per heavy atom. The molecule has 3 aromatic rings. The number of aromatic nitrogens is 3. The number of hydrogen-bond acceptors (Lipinski definition) is 9. The maximum absolute atomic E-state index is 15.2. The van der Waals surface area contributed by atoms with Crippen LogP contribution in [0.4, 0.5) is 17.6 Å². The first-order valence-corrected chi connectivity index (χ1v) is 13.1. The number of aliphatic imine (C=N–C) groups is 1. The zero-order valence-corrected chi connectivity index (χ0v) is 21.9. The minimum atomic E-state index is -4.63. The molecule has 0 spiro atoms. The van der Waals surface area contributed by atoms with E-state index < -0.39 is 38.6 Å². The van der Waals surface area contributed by atoms with Crippen molar-refractivity contribution in [1.29, 1.82) is 0 Å². The van der Waals surface area contributed by atoms with Crippen LogP contribution >= 0.6 is 0 Å². The van der Waals surface area contributed by atoms with Crippen molar-refractivity contribution in [3.63, 3.8) is 0 Å². The Morgan fingerprint density at radius 3 is 2.53 bits per heavy atom. The molecule has 3 heterocycles. The summed E-state index contributed by atoms with van der Waals surface area (Å²) in [5.74, 6) is -0.415. The van der Waals surface area contributed by atoms with Crippen molar-refractivity contribution < 1.29 is 31.0 Å². The van der Waals surface area contributed by atoms with E-state index in [0.717, 1.165) is 0 Å². The summed E-state index contributed by atoms with van der Waals surface area (Å²) in [6, 6.07) is 5.82. The highest BCUT2D eigenvalue weighted by atomic mass is 32.2. The van der Waals surface area contributed by atoms with Gasteiger partial charge in [0, 0.05) is 22.9 Å². The Labute approximate surface area is 216 Å². The van der Waals surface area contributed by atoms with Crippen LogP contribution in [0.25, 0.3) is 22.7 Å². The molecule has 0 aliphatic carbocycles. The Bertz CT molecular complexity index is 1490. The Kier molecular flexibility index (Phi) is 6.97. The molecule has 2 aromatic heterocycles. The molecule has 0 amide bonds. The van der Waals surface area contributed by atoms with Crippen LogP contribution in [0.1, 0.15) is 32.8 Å². The number of hydrogen-bond donors (Lipinski definition) is 1. The SMILES string of the molecule is COc1cnc(-c2cc(-c3ccc(F)c([C@]4(C)CC[S@@](=O)(=NCC(F)(F)F)C(C)(C)C(N)=N4)c3)on2)cn1. The van der Waals surface area contributed by atoms with Gasteiger partial charge >= 0.3 is 6.18 Å². The molecule has 0 saturated carbocycles. The molecule has 204 valence electrons. The molecule has 0 saturated heterocycles. The number of nitrogens with zero attached hydrogens (tertiary/aromatic N) is 5. The normalized spacial score (nSPS) is 23.4. The lowest BCUT2D eigenvalue weighted by molar-refractivity contribution is -0.117. The van der Waals surface area contributed by atoms with Gasteiger partial charge in [-0.25, -0.2) is 22.9 Å². The Morgan fingerprint density at radius 2 is 1.89 bits per heavy atom. The molecular formula is C24H26F4N6O3S. The summed E-state index contributed by atoms with van der Waals surface area (Å²) in [5.41, 5.74) is 6.23. The molecule has 1 aromatic carbocycles. The number of rotatable bonds is 5. The summed E-state index contributed by atoms with van der Waals surface area (Å²) in [6.45, 7) is 2.89. The first-order valence-electron chi connectivity index (χ1n) is 11.4. The fourth-order valence-electron chi connectivity index (χ4n) is 3.99. The van der Waals surface area contributed by atoms with E-state index in [4.69, 9.17) is 15.0 Å². The minimum Gasteiger partial charge on any atom is -0.480 e. The average molecular weight is 555 g/mol. The maximum atomic E-state index is 15.2. The fraction of sp³-hybridized carbons (Fsp3) is 0.417. The van der Waals surface area contributed by atoms with E-state index in [1.807, 2.05) is 0 Å². The zero-order valence-electron chi connectivity index (χ0n) is 21.0. The molecule has 2 atom stereocenters. The number of methoxy groups -OCH3 is 1. The van der Waals surface area contributed by atoms with E-state index >= 15 is 4.39 Å². The molecule has 14 heteroatoms. The molecule has 0 fully saturated rings. The molecule has 0 radical (unpaired) electrons. The highest BCUT2D eigenvalue weighted by Gasteiger charge is 2.44. The van der Waals surface area contributed by atoms with Crippen molar-refractivity contribution in [2.75, 3.05) is 19.4 Å². The van der Waals surface area contributed by atoms with E-state index in [1.54, 1.807) is 13.0 Å². The van der Waals surface area contributed by atoms with Gasteiger partial charge in [0.2, 0.25) is 5.88 Å². The average Bonchev–Trinajstić information content (AvgIpc) is 3.34. The summed E-state index contributed by atoms with van der Waals surface area (Å²) in [5, 5.41) is 4.00. The number of ether oxygens (including phenoxy) is 1. The van der Waals surface area contributed by atoms with Crippen LogP contribution in [0.2, 0.25) is 0 Å². The predicted molar refractivity (Wildman–Crippen MR) is 134 cm³/mol. The lowest BCUT2D eigenvalue weighted by Gasteiger charge is -2.27. The van der Waals surface area contributed by atoms with Gasteiger partial charge in [-0.15, -0.1) is 0 Å². The summed E-state index contributed by atoms with van der Waals surface area (Å²) >= 11 is 0. The van der Waals surface area contributed by atoms with Gasteiger partial charge in [-0.2, -0.15) is 13.2 Å². The summed E-state index contributed by atoms with van der Waals surface area (Å²) in [4.78, 5) is 12.8. The van der Waals surface area contributed by atoms with Crippen LogP contribution in [0.5, 0.6) is 5.88 Å². The number of benzene rings is 1. The first kappa shape index (κ1) is 27.5. The molecule has 0 bridgehead atoms. The van der Waals surface area contributed by atoms with Crippen LogP contribution in [0.3, 0.4) is 0 Å². The Balaban J connectivity index is 1.72. The number of amidine groups is 1. The van der Waals surface area contributed by atoms with Crippen molar-refractivity contribution in [1.82, 2.24) is 15.1 Å². The van der Waals surface area contributed by atoms with E-state index in [2.05, 4.69) is 24.5 Å². The fourth-order valence-corrected chi connectivity index (χ4v) is 6.35. The molecule has 2 N–H and O–H groups in total. The van der Waals surface area contributed by atoms with Crippen LogP contribution in [-0.4, -0.2) is 55.5 Å². The van der Waals surface area contributed by atoms with E-state index in [9.17, 15) is 17.4 Å². The second kappa shape index (κ2) is 9.64. The number of halogens is 4. The second-order valence-electron chi connectivity index (χ2n) is 9.49. The monoisotopic (exact) mass is 554 g/mol. The van der Waals surface area contributed by atoms with Gasteiger partial charge in [0.15, 0.2) is 5.76 Å². The van der Waals surface area contributed by atoms with Crippen LogP contribution < -0.4 is 10.5 Å². The topological polar surface area (TPSA) is 129 Å². The van der Waals surface area contributed by atoms with Crippen molar-refractivity contribution in [2.24, 2.45) is 15.1 Å². The minimum absolute atomic E-state index is 0.0548. The van der Waals surface area contributed by atoms with Crippen LogP contribution in [-0.2, 0) is 15.3 Å². The summed E-state index contributed by atoms with van der Waals surface area (Å²) in [6.07, 6.45) is -1.80. The van der Waals surface area contributed by atoms with E-state index in [-0.39, 0.29) is 23.6 Å². The molecule has 4 rings (SSSR count). The smallest absolute Gasteiger partial charge is 0.408 e. The highest BCUT2D eigenvalue weighted by molar-refractivity contribution is 7.95. The van der Waals surface area contributed by atoms with Gasteiger partial charge < -0.3 is 15.0 Å². The van der Waals surface area contributed by atoms with Crippen LogP contribution in [0, 0.1) is 5.82 Å². The number of nitrogens with two attached hydrogens (primary N) is 1. The molecule has 0 unspecified atom stereocenters.